The summed E-state index contributed by atoms with van der Waals surface area (Å²) in [6.07, 6.45) is 0. The van der Waals surface area contributed by atoms with Crippen LogP contribution in [0.4, 0.5) is 0 Å². The first-order chi connectivity index (χ1) is 10.0. The standard InChI is InChI=1S/C15H10BrCl3N2/c1-8-4-10(16)14(6-11(8)19)21-13-3-2-9(18)5-12(13)20-15(21)7-17/h2-6H,7H2,1H3. The van der Waals surface area contributed by atoms with E-state index in [1.54, 1.807) is 0 Å². The van der Waals surface area contributed by atoms with Crippen LogP contribution in [0.25, 0.3) is 16.7 Å². The van der Waals surface area contributed by atoms with Crippen molar-refractivity contribution in [1.29, 1.82) is 0 Å². The minimum absolute atomic E-state index is 0.296. The second kappa shape index (κ2) is 5.81. The Balaban J connectivity index is 2.36. The molecule has 0 bridgehead atoms. The zero-order valence-electron chi connectivity index (χ0n) is 11.0. The first-order valence-electron chi connectivity index (χ1n) is 6.20. The third-order valence-corrected chi connectivity index (χ3v) is 4.79. The zero-order chi connectivity index (χ0) is 15.1. The van der Waals surface area contributed by atoms with Gasteiger partial charge in [-0.2, -0.15) is 0 Å². The van der Waals surface area contributed by atoms with Gasteiger partial charge in [0, 0.05) is 14.5 Å². The number of fused-ring (bicyclic) bond motifs is 1. The Bertz CT molecular complexity index is 843. The molecule has 0 amide bonds. The average molecular weight is 405 g/mol. The highest BCUT2D eigenvalue weighted by Gasteiger charge is 2.15. The molecule has 0 spiro atoms. The van der Waals surface area contributed by atoms with Crippen LogP contribution >= 0.6 is 50.7 Å². The molecule has 0 saturated carbocycles. The number of aromatic nitrogens is 2. The first-order valence-corrected chi connectivity index (χ1v) is 8.28. The summed E-state index contributed by atoms with van der Waals surface area (Å²) in [5.74, 6) is 1.04. The lowest BCUT2D eigenvalue weighted by molar-refractivity contribution is 0.976. The van der Waals surface area contributed by atoms with E-state index in [0.29, 0.717) is 15.9 Å². The van der Waals surface area contributed by atoms with Crippen LogP contribution in [-0.2, 0) is 5.88 Å². The summed E-state index contributed by atoms with van der Waals surface area (Å²) >= 11 is 21.9. The van der Waals surface area contributed by atoms with Crippen molar-refractivity contribution in [3.05, 3.63) is 56.2 Å². The molecule has 0 atom stereocenters. The smallest absolute Gasteiger partial charge is 0.129 e. The van der Waals surface area contributed by atoms with Gasteiger partial charge in [-0.25, -0.2) is 4.98 Å². The summed E-state index contributed by atoms with van der Waals surface area (Å²) in [5, 5.41) is 1.35. The number of hydrogen-bond acceptors (Lipinski definition) is 1. The van der Waals surface area contributed by atoms with Crippen molar-refractivity contribution in [1.82, 2.24) is 9.55 Å². The van der Waals surface area contributed by atoms with Crippen LogP contribution < -0.4 is 0 Å². The van der Waals surface area contributed by atoms with Crippen molar-refractivity contribution in [2.24, 2.45) is 0 Å². The zero-order valence-corrected chi connectivity index (χ0v) is 14.9. The van der Waals surface area contributed by atoms with Crippen molar-refractivity contribution in [3.8, 4) is 5.69 Å². The van der Waals surface area contributed by atoms with Crippen LogP contribution in [0.1, 0.15) is 11.4 Å². The largest absolute Gasteiger partial charge is 0.294 e. The molecule has 3 aromatic rings. The molecule has 2 nitrogen and oxygen atoms in total. The van der Waals surface area contributed by atoms with E-state index in [9.17, 15) is 0 Å². The topological polar surface area (TPSA) is 17.8 Å². The molecule has 0 aliphatic heterocycles. The van der Waals surface area contributed by atoms with Crippen LogP contribution in [0.2, 0.25) is 10.0 Å². The van der Waals surface area contributed by atoms with Crippen LogP contribution in [0.5, 0.6) is 0 Å². The predicted octanol–water partition coefficient (Wildman–Crippen LogP) is 6.14. The molecule has 0 aliphatic rings. The predicted molar refractivity (Wildman–Crippen MR) is 93.1 cm³/mol. The van der Waals surface area contributed by atoms with Crippen LogP contribution in [0, 0.1) is 6.92 Å². The molecule has 6 heteroatoms. The van der Waals surface area contributed by atoms with Gasteiger partial charge in [0.05, 0.1) is 22.6 Å². The van der Waals surface area contributed by atoms with Crippen LogP contribution in [0.3, 0.4) is 0 Å². The van der Waals surface area contributed by atoms with E-state index >= 15 is 0 Å². The number of aryl methyl sites for hydroxylation is 1. The Morgan fingerprint density at radius 1 is 1.19 bits per heavy atom. The van der Waals surface area contributed by atoms with E-state index in [1.807, 2.05) is 41.8 Å². The highest BCUT2D eigenvalue weighted by molar-refractivity contribution is 9.10. The lowest BCUT2D eigenvalue weighted by atomic mass is 10.2. The fourth-order valence-corrected chi connectivity index (χ4v) is 3.41. The van der Waals surface area contributed by atoms with Crippen LogP contribution in [-0.4, -0.2) is 9.55 Å². The average Bonchev–Trinajstić information content (AvgIpc) is 2.80. The number of halogens is 4. The fraction of sp³-hybridized carbons (Fsp3) is 0.133. The Hall–Kier alpha value is -0.740. The van der Waals surface area contributed by atoms with Gasteiger partial charge < -0.3 is 0 Å². The van der Waals surface area contributed by atoms with E-state index in [-0.39, 0.29) is 0 Å². The van der Waals surface area contributed by atoms with E-state index in [0.717, 1.165) is 32.6 Å². The maximum Gasteiger partial charge on any atom is 0.129 e. The molecular weight excluding hydrogens is 394 g/mol. The quantitative estimate of drug-likeness (QED) is 0.469. The maximum atomic E-state index is 6.27. The molecular formula is C15H10BrCl3N2. The SMILES string of the molecule is Cc1cc(Br)c(-n2c(CCl)nc3cc(Cl)ccc32)cc1Cl. The first kappa shape index (κ1) is 15.2. The molecule has 1 aromatic heterocycles. The lowest BCUT2D eigenvalue weighted by Gasteiger charge is -2.12. The van der Waals surface area contributed by atoms with Crippen molar-refractivity contribution < 1.29 is 0 Å². The number of hydrogen-bond donors (Lipinski definition) is 0. The minimum atomic E-state index is 0.296. The Kier molecular flexibility index (Phi) is 4.19. The van der Waals surface area contributed by atoms with E-state index in [2.05, 4.69) is 20.9 Å². The Morgan fingerprint density at radius 2 is 1.95 bits per heavy atom. The third-order valence-electron chi connectivity index (χ3n) is 3.27. The summed E-state index contributed by atoms with van der Waals surface area (Å²) in [4.78, 5) is 4.54. The van der Waals surface area contributed by atoms with Gasteiger partial charge in [0.1, 0.15) is 5.82 Å². The maximum absolute atomic E-state index is 6.27. The Labute approximate surface area is 145 Å². The minimum Gasteiger partial charge on any atom is -0.294 e. The summed E-state index contributed by atoms with van der Waals surface area (Å²) in [7, 11) is 0. The van der Waals surface area contributed by atoms with Gasteiger partial charge in [-0.15, -0.1) is 11.6 Å². The molecule has 0 saturated heterocycles. The lowest BCUT2D eigenvalue weighted by Crippen LogP contribution is -2.01. The molecule has 0 N–H and O–H groups in total. The number of nitrogens with zero attached hydrogens (tertiary/aromatic N) is 2. The molecule has 2 aromatic carbocycles. The van der Waals surface area contributed by atoms with Gasteiger partial charge in [0.15, 0.2) is 0 Å². The molecule has 1 heterocycles. The van der Waals surface area contributed by atoms with E-state index in [1.165, 1.54) is 0 Å². The number of alkyl halides is 1. The van der Waals surface area contributed by atoms with Gasteiger partial charge >= 0.3 is 0 Å². The third kappa shape index (κ3) is 2.68. The van der Waals surface area contributed by atoms with Gasteiger partial charge in [0.25, 0.3) is 0 Å². The molecule has 0 aliphatic carbocycles. The van der Waals surface area contributed by atoms with Crippen molar-refractivity contribution in [3.63, 3.8) is 0 Å². The van der Waals surface area contributed by atoms with Crippen molar-refractivity contribution in [2.45, 2.75) is 12.8 Å². The number of rotatable bonds is 2. The molecule has 108 valence electrons. The molecule has 0 unspecified atom stereocenters. The number of imidazole rings is 1. The van der Waals surface area contributed by atoms with Gasteiger partial charge in [-0.3, -0.25) is 4.57 Å². The molecule has 0 radical (unpaired) electrons. The molecule has 21 heavy (non-hydrogen) atoms. The monoisotopic (exact) mass is 402 g/mol. The highest BCUT2D eigenvalue weighted by Crippen LogP contribution is 2.32. The van der Waals surface area contributed by atoms with E-state index in [4.69, 9.17) is 34.8 Å². The second-order valence-corrected chi connectivity index (χ2v) is 6.65. The fourth-order valence-electron chi connectivity index (χ4n) is 2.27. The van der Waals surface area contributed by atoms with E-state index < -0.39 is 0 Å². The summed E-state index contributed by atoms with van der Waals surface area (Å²) in [6, 6.07) is 9.49. The normalized spacial score (nSPS) is 11.3. The number of benzene rings is 2. The van der Waals surface area contributed by atoms with Gasteiger partial charge in [0.2, 0.25) is 0 Å². The molecule has 0 fully saturated rings. The summed E-state index contributed by atoms with van der Waals surface area (Å²) < 4.78 is 2.93. The second-order valence-electron chi connectivity index (χ2n) is 4.68. The van der Waals surface area contributed by atoms with Crippen molar-refractivity contribution >= 4 is 61.8 Å². The molecule has 3 rings (SSSR count). The summed E-state index contributed by atoms with van der Waals surface area (Å²) in [6.45, 7) is 1.96. The highest BCUT2D eigenvalue weighted by atomic mass is 79.9. The summed E-state index contributed by atoms with van der Waals surface area (Å²) in [5.41, 5.74) is 3.66. The Morgan fingerprint density at radius 3 is 2.67 bits per heavy atom. The van der Waals surface area contributed by atoms with Crippen molar-refractivity contribution in [2.75, 3.05) is 0 Å². The van der Waals surface area contributed by atoms with Gasteiger partial charge in [-0.1, -0.05) is 23.2 Å². The van der Waals surface area contributed by atoms with Crippen LogP contribution in [0.15, 0.2) is 34.8 Å². The van der Waals surface area contributed by atoms with Gasteiger partial charge in [-0.05, 0) is 58.7 Å².